The number of aliphatic hydroxyl groups is 1. The van der Waals surface area contributed by atoms with Crippen molar-refractivity contribution in [3.05, 3.63) is 54.5 Å². The zero-order chi connectivity index (χ0) is 15.4. The fraction of sp³-hybridized carbons (Fsp3) is 0.353. The molecule has 0 saturated carbocycles. The molecule has 2 aromatic rings. The van der Waals surface area contributed by atoms with Gasteiger partial charge < -0.3 is 19.7 Å². The quantitative estimate of drug-likeness (QED) is 0.909. The summed E-state index contributed by atoms with van der Waals surface area (Å²) in [5, 5.41) is 13.1. The maximum Gasteiger partial charge on any atom is 0.322 e. The van der Waals surface area contributed by atoms with E-state index in [4.69, 9.17) is 4.42 Å². The molecule has 0 radical (unpaired) electrons. The van der Waals surface area contributed by atoms with E-state index in [0.717, 1.165) is 18.5 Å². The van der Waals surface area contributed by atoms with Crippen LogP contribution in [0.2, 0.25) is 0 Å². The molecule has 3 rings (SSSR count). The third kappa shape index (κ3) is 3.31. The zero-order valence-corrected chi connectivity index (χ0v) is 12.3. The molecule has 1 aromatic heterocycles. The monoisotopic (exact) mass is 300 g/mol. The predicted octanol–water partition coefficient (Wildman–Crippen LogP) is 3.40. The highest BCUT2D eigenvalue weighted by Gasteiger charge is 2.31. The van der Waals surface area contributed by atoms with E-state index >= 15 is 0 Å². The number of nitrogens with zero attached hydrogens (tertiary/aromatic N) is 1. The van der Waals surface area contributed by atoms with Gasteiger partial charge in [-0.25, -0.2) is 4.79 Å². The van der Waals surface area contributed by atoms with Gasteiger partial charge in [-0.3, -0.25) is 0 Å². The Morgan fingerprint density at radius 2 is 2.14 bits per heavy atom. The molecule has 5 nitrogen and oxygen atoms in total. The standard InChI is InChI=1S/C17H20N2O3/c20-15(16-9-5-11-22-16)12-14-8-4-10-19(14)17(21)18-13-6-2-1-3-7-13/h1-3,5-7,9,11,14-15,20H,4,8,10,12H2,(H,18,21)/t14-,15+/m0/s1. The van der Waals surface area contributed by atoms with Crippen molar-refractivity contribution in [2.24, 2.45) is 0 Å². The number of carbonyl (C=O) groups excluding carboxylic acids is 1. The molecule has 1 aromatic carbocycles. The molecule has 0 spiro atoms. The van der Waals surface area contributed by atoms with Gasteiger partial charge in [0.25, 0.3) is 0 Å². The molecule has 2 N–H and O–H groups in total. The lowest BCUT2D eigenvalue weighted by atomic mass is 10.1. The van der Waals surface area contributed by atoms with Crippen LogP contribution < -0.4 is 5.32 Å². The summed E-state index contributed by atoms with van der Waals surface area (Å²) < 4.78 is 5.23. The van der Waals surface area contributed by atoms with E-state index in [9.17, 15) is 9.90 Å². The van der Waals surface area contributed by atoms with Crippen molar-refractivity contribution in [3.8, 4) is 0 Å². The molecule has 2 atom stereocenters. The summed E-state index contributed by atoms with van der Waals surface area (Å²) in [5.74, 6) is 0.551. The molecule has 0 bridgehead atoms. The van der Waals surface area contributed by atoms with Crippen LogP contribution in [0, 0.1) is 0 Å². The number of amides is 2. The number of carbonyl (C=O) groups is 1. The van der Waals surface area contributed by atoms with Gasteiger partial charge in [0.15, 0.2) is 0 Å². The SMILES string of the molecule is O=C(Nc1ccccc1)N1CCC[C@H]1C[C@@H](O)c1ccco1. The molecule has 1 fully saturated rings. The number of benzene rings is 1. The van der Waals surface area contributed by atoms with Gasteiger partial charge in [0.1, 0.15) is 11.9 Å². The van der Waals surface area contributed by atoms with Crippen LogP contribution in [-0.2, 0) is 0 Å². The minimum atomic E-state index is -0.676. The lowest BCUT2D eigenvalue weighted by Gasteiger charge is -2.26. The molecule has 1 saturated heterocycles. The molecular formula is C17H20N2O3. The van der Waals surface area contributed by atoms with Gasteiger partial charge >= 0.3 is 6.03 Å². The number of urea groups is 1. The minimum Gasteiger partial charge on any atom is -0.467 e. The van der Waals surface area contributed by atoms with E-state index in [0.29, 0.717) is 18.7 Å². The summed E-state index contributed by atoms with van der Waals surface area (Å²) in [5.41, 5.74) is 0.782. The van der Waals surface area contributed by atoms with Gasteiger partial charge in [-0.1, -0.05) is 18.2 Å². The van der Waals surface area contributed by atoms with Gasteiger partial charge in [-0.05, 0) is 37.1 Å². The molecule has 1 aliphatic rings. The molecule has 2 amide bonds. The highest BCUT2D eigenvalue weighted by molar-refractivity contribution is 5.89. The summed E-state index contributed by atoms with van der Waals surface area (Å²) in [7, 11) is 0. The second kappa shape index (κ2) is 6.66. The molecule has 22 heavy (non-hydrogen) atoms. The lowest BCUT2D eigenvalue weighted by molar-refractivity contribution is 0.110. The number of furan rings is 1. The summed E-state index contributed by atoms with van der Waals surface area (Å²) in [6.45, 7) is 0.716. The topological polar surface area (TPSA) is 65.7 Å². The largest absolute Gasteiger partial charge is 0.467 e. The van der Waals surface area contributed by atoms with Crippen molar-refractivity contribution < 1.29 is 14.3 Å². The van der Waals surface area contributed by atoms with Crippen LogP contribution in [0.15, 0.2) is 53.1 Å². The normalized spacial score (nSPS) is 19.1. The first-order valence-corrected chi connectivity index (χ1v) is 7.58. The molecule has 116 valence electrons. The lowest BCUT2D eigenvalue weighted by Crippen LogP contribution is -2.39. The van der Waals surface area contributed by atoms with E-state index in [1.165, 1.54) is 0 Å². The molecule has 1 aliphatic heterocycles. The van der Waals surface area contributed by atoms with Crippen molar-refractivity contribution in [2.75, 3.05) is 11.9 Å². The fourth-order valence-electron chi connectivity index (χ4n) is 2.92. The maximum absolute atomic E-state index is 12.4. The second-order valence-corrected chi connectivity index (χ2v) is 5.55. The van der Waals surface area contributed by atoms with Crippen molar-refractivity contribution in [2.45, 2.75) is 31.4 Å². The Kier molecular flexibility index (Phi) is 4.44. The van der Waals surface area contributed by atoms with Crippen molar-refractivity contribution in [1.29, 1.82) is 0 Å². The Morgan fingerprint density at radius 1 is 1.32 bits per heavy atom. The van der Waals surface area contributed by atoms with E-state index in [-0.39, 0.29) is 12.1 Å². The molecule has 0 unspecified atom stereocenters. The first kappa shape index (κ1) is 14.7. The van der Waals surface area contributed by atoms with E-state index < -0.39 is 6.10 Å². The van der Waals surface area contributed by atoms with Crippen molar-refractivity contribution >= 4 is 11.7 Å². The van der Waals surface area contributed by atoms with Gasteiger partial charge in [0, 0.05) is 24.7 Å². The van der Waals surface area contributed by atoms with Gasteiger partial charge in [0.2, 0.25) is 0 Å². The van der Waals surface area contributed by atoms with Crippen molar-refractivity contribution in [1.82, 2.24) is 4.90 Å². The maximum atomic E-state index is 12.4. The average molecular weight is 300 g/mol. The molecule has 0 aliphatic carbocycles. The average Bonchev–Trinajstić information content (AvgIpc) is 3.19. The van der Waals surface area contributed by atoms with Crippen LogP contribution >= 0.6 is 0 Å². The number of nitrogens with one attached hydrogen (secondary N) is 1. The Morgan fingerprint density at radius 3 is 2.86 bits per heavy atom. The van der Waals surface area contributed by atoms with E-state index in [1.54, 1.807) is 23.3 Å². The fourth-order valence-corrected chi connectivity index (χ4v) is 2.92. The second-order valence-electron chi connectivity index (χ2n) is 5.55. The van der Waals surface area contributed by atoms with Crippen LogP contribution in [0.3, 0.4) is 0 Å². The number of hydrogen-bond acceptors (Lipinski definition) is 3. The van der Waals surface area contributed by atoms with Gasteiger partial charge in [-0.2, -0.15) is 0 Å². The number of likely N-dealkylation sites (tertiary alicyclic amines) is 1. The van der Waals surface area contributed by atoms with Crippen LogP contribution in [0.25, 0.3) is 0 Å². The first-order valence-electron chi connectivity index (χ1n) is 7.58. The minimum absolute atomic E-state index is 0.0313. The summed E-state index contributed by atoms with van der Waals surface area (Å²) in [6, 6.07) is 12.8. The summed E-state index contributed by atoms with van der Waals surface area (Å²) in [6.07, 6.45) is 3.23. The molecule has 2 heterocycles. The summed E-state index contributed by atoms with van der Waals surface area (Å²) >= 11 is 0. The van der Waals surface area contributed by atoms with Crippen molar-refractivity contribution in [3.63, 3.8) is 0 Å². The van der Waals surface area contributed by atoms with E-state index in [1.807, 2.05) is 30.3 Å². The van der Waals surface area contributed by atoms with Crippen LogP contribution in [-0.4, -0.2) is 28.6 Å². The Hall–Kier alpha value is -2.27. The zero-order valence-electron chi connectivity index (χ0n) is 12.3. The number of aliphatic hydroxyl groups excluding tert-OH is 1. The Labute approximate surface area is 129 Å². The first-order chi connectivity index (χ1) is 10.7. The van der Waals surface area contributed by atoms with Gasteiger partial charge in [-0.15, -0.1) is 0 Å². The summed E-state index contributed by atoms with van der Waals surface area (Å²) in [4.78, 5) is 14.2. The van der Waals surface area contributed by atoms with Crippen LogP contribution in [0.1, 0.15) is 31.1 Å². The number of anilines is 1. The highest BCUT2D eigenvalue weighted by atomic mass is 16.4. The predicted molar refractivity (Wildman–Crippen MR) is 83.5 cm³/mol. The van der Waals surface area contributed by atoms with Gasteiger partial charge in [0.05, 0.1) is 6.26 Å². The molecular weight excluding hydrogens is 280 g/mol. The molecule has 5 heteroatoms. The van der Waals surface area contributed by atoms with Crippen LogP contribution in [0.5, 0.6) is 0 Å². The number of rotatable bonds is 4. The number of hydrogen-bond donors (Lipinski definition) is 2. The highest BCUT2D eigenvalue weighted by Crippen LogP contribution is 2.28. The number of para-hydroxylation sites is 1. The van der Waals surface area contributed by atoms with Crippen LogP contribution in [0.4, 0.5) is 10.5 Å². The Bertz CT molecular complexity index is 598. The third-order valence-electron chi connectivity index (χ3n) is 4.03. The van der Waals surface area contributed by atoms with E-state index in [2.05, 4.69) is 5.32 Å². The smallest absolute Gasteiger partial charge is 0.322 e. The third-order valence-corrected chi connectivity index (χ3v) is 4.03. The Balaban J connectivity index is 1.61.